The Hall–Kier alpha value is -1.84. The number of para-hydroxylation sites is 1. The number of carbonyl (C=O) groups is 2. The third-order valence-electron chi connectivity index (χ3n) is 3.34. The predicted molar refractivity (Wildman–Crippen MR) is 84.4 cm³/mol. The van der Waals surface area contributed by atoms with Crippen molar-refractivity contribution in [1.29, 1.82) is 0 Å². The summed E-state index contributed by atoms with van der Waals surface area (Å²) < 4.78 is 5.25. The first kappa shape index (κ1) is 17.2. The maximum absolute atomic E-state index is 11.9. The van der Waals surface area contributed by atoms with E-state index in [1.165, 1.54) is 32.1 Å². The van der Waals surface area contributed by atoms with Crippen LogP contribution in [0.5, 0.6) is 0 Å². The molecular formula is C17H25NO3. The highest BCUT2D eigenvalue weighted by Crippen LogP contribution is 2.15. The van der Waals surface area contributed by atoms with E-state index in [0.717, 1.165) is 12.8 Å². The van der Waals surface area contributed by atoms with Crippen LogP contribution in [0.4, 0.5) is 5.69 Å². The van der Waals surface area contributed by atoms with Gasteiger partial charge in [0.1, 0.15) is 0 Å². The molecule has 0 unspecified atom stereocenters. The van der Waals surface area contributed by atoms with Crippen molar-refractivity contribution >= 4 is 18.1 Å². The van der Waals surface area contributed by atoms with E-state index in [0.29, 0.717) is 24.3 Å². The van der Waals surface area contributed by atoms with Crippen molar-refractivity contribution < 1.29 is 14.3 Å². The molecule has 0 saturated heterocycles. The summed E-state index contributed by atoms with van der Waals surface area (Å²) >= 11 is 0. The molecule has 0 fully saturated rings. The van der Waals surface area contributed by atoms with Gasteiger partial charge in [-0.15, -0.1) is 0 Å². The van der Waals surface area contributed by atoms with Crippen LogP contribution in [0, 0.1) is 0 Å². The van der Waals surface area contributed by atoms with Crippen molar-refractivity contribution in [2.75, 3.05) is 11.9 Å². The quantitative estimate of drug-likeness (QED) is 0.378. The molecule has 0 aliphatic carbocycles. The van der Waals surface area contributed by atoms with Gasteiger partial charge in [-0.3, -0.25) is 4.79 Å². The molecule has 0 aromatic heterocycles. The van der Waals surface area contributed by atoms with Gasteiger partial charge in [-0.1, -0.05) is 57.6 Å². The van der Waals surface area contributed by atoms with Gasteiger partial charge in [-0.25, -0.2) is 4.79 Å². The van der Waals surface area contributed by atoms with Gasteiger partial charge in [0.2, 0.25) is 6.41 Å². The number of carbonyl (C=O) groups excluding carboxylic acids is 2. The van der Waals surface area contributed by atoms with Gasteiger partial charge < -0.3 is 10.1 Å². The lowest BCUT2D eigenvalue weighted by molar-refractivity contribution is -0.105. The summed E-state index contributed by atoms with van der Waals surface area (Å²) in [7, 11) is 0. The summed E-state index contributed by atoms with van der Waals surface area (Å²) in [5.74, 6) is -0.383. The second-order valence-corrected chi connectivity index (χ2v) is 5.07. The summed E-state index contributed by atoms with van der Waals surface area (Å²) in [6, 6.07) is 6.84. The van der Waals surface area contributed by atoms with Crippen molar-refractivity contribution in [3.05, 3.63) is 29.8 Å². The van der Waals surface area contributed by atoms with Crippen LogP contribution in [0.2, 0.25) is 0 Å². The maximum Gasteiger partial charge on any atom is 0.340 e. The lowest BCUT2D eigenvalue weighted by Crippen LogP contribution is -2.10. The van der Waals surface area contributed by atoms with Crippen LogP contribution in [0.25, 0.3) is 0 Å². The third kappa shape index (κ3) is 6.93. The van der Waals surface area contributed by atoms with Crippen molar-refractivity contribution in [1.82, 2.24) is 0 Å². The predicted octanol–water partition coefficient (Wildman–Crippen LogP) is 4.16. The number of hydrogen-bond acceptors (Lipinski definition) is 3. The number of ether oxygens (including phenoxy) is 1. The summed E-state index contributed by atoms with van der Waals surface area (Å²) in [5, 5.41) is 2.51. The highest BCUT2D eigenvalue weighted by Gasteiger charge is 2.11. The Labute approximate surface area is 126 Å². The molecule has 1 rings (SSSR count). The molecule has 0 heterocycles. The van der Waals surface area contributed by atoms with Gasteiger partial charge in [0.15, 0.2) is 0 Å². The summed E-state index contributed by atoms with van der Waals surface area (Å²) in [5.41, 5.74) is 0.879. The van der Waals surface area contributed by atoms with E-state index in [9.17, 15) is 9.59 Å². The van der Waals surface area contributed by atoms with Crippen LogP contribution in [0.1, 0.15) is 62.2 Å². The minimum absolute atomic E-state index is 0.383. The third-order valence-corrected chi connectivity index (χ3v) is 3.34. The zero-order chi connectivity index (χ0) is 15.3. The average molecular weight is 291 g/mol. The first-order valence-electron chi connectivity index (χ1n) is 7.76. The van der Waals surface area contributed by atoms with Crippen LogP contribution in [0.15, 0.2) is 24.3 Å². The molecule has 1 aromatic carbocycles. The molecule has 1 N–H and O–H groups in total. The van der Waals surface area contributed by atoms with Crippen molar-refractivity contribution in [3.63, 3.8) is 0 Å². The van der Waals surface area contributed by atoms with Crippen molar-refractivity contribution in [2.24, 2.45) is 0 Å². The zero-order valence-corrected chi connectivity index (χ0v) is 12.8. The van der Waals surface area contributed by atoms with Crippen LogP contribution in [-0.4, -0.2) is 19.0 Å². The molecule has 0 radical (unpaired) electrons. The van der Waals surface area contributed by atoms with Gasteiger partial charge in [-0.05, 0) is 18.6 Å². The van der Waals surface area contributed by atoms with E-state index in [-0.39, 0.29) is 5.97 Å². The molecule has 0 atom stereocenters. The molecule has 0 bridgehead atoms. The fourth-order valence-corrected chi connectivity index (χ4v) is 2.15. The fourth-order valence-electron chi connectivity index (χ4n) is 2.15. The maximum atomic E-state index is 11.9. The van der Waals surface area contributed by atoms with E-state index in [2.05, 4.69) is 12.2 Å². The Morgan fingerprint density at radius 1 is 1.10 bits per heavy atom. The second-order valence-electron chi connectivity index (χ2n) is 5.07. The molecule has 0 saturated carbocycles. The second kappa shape index (κ2) is 10.9. The number of amides is 1. The number of nitrogens with one attached hydrogen (secondary N) is 1. The number of hydrogen-bond donors (Lipinski definition) is 1. The number of benzene rings is 1. The Balaban J connectivity index is 2.23. The van der Waals surface area contributed by atoms with Gasteiger partial charge in [0.05, 0.1) is 17.9 Å². The van der Waals surface area contributed by atoms with Crippen LogP contribution >= 0.6 is 0 Å². The normalized spacial score (nSPS) is 10.1. The molecule has 0 aliphatic heterocycles. The van der Waals surface area contributed by atoms with Crippen LogP contribution < -0.4 is 5.32 Å². The number of unbranched alkanes of at least 4 members (excludes halogenated alkanes) is 6. The number of rotatable bonds is 11. The number of esters is 1. The molecule has 1 aromatic rings. The fraction of sp³-hybridized carbons (Fsp3) is 0.529. The lowest BCUT2D eigenvalue weighted by atomic mass is 10.1. The highest BCUT2D eigenvalue weighted by atomic mass is 16.5. The Bertz CT molecular complexity index is 432. The van der Waals surface area contributed by atoms with E-state index >= 15 is 0 Å². The summed E-state index contributed by atoms with van der Waals surface area (Å²) in [6.07, 6.45) is 8.84. The smallest absolute Gasteiger partial charge is 0.340 e. The standard InChI is InChI=1S/C17H25NO3/c1-2-3-4-5-6-7-10-13-21-17(20)15-11-8-9-12-16(15)18-14-19/h8-9,11-12,14H,2-7,10,13H2,1H3,(H,18,19). The SMILES string of the molecule is CCCCCCCCCOC(=O)c1ccccc1NC=O. The number of anilines is 1. The van der Waals surface area contributed by atoms with Gasteiger partial charge in [0.25, 0.3) is 0 Å². The molecule has 21 heavy (non-hydrogen) atoms. The summed E-state index contributed by atoms with van der Waals surface area (Å²) in [6.45, 7) is 2.64. The molecule has 0 aliphatic rings. The topological polar surface area (TPSA) is 55.4 Å². The van der Waals surface area contributed by atoms with Gasteiger partial charge in [-0.2, -0.15) is 0 Å². The first-order valence-corrected chi connectivity index (χ1v) is 7.76. The molecule has 4 nitrogen and oxygen atoms in total. The van der Waals surface area contributed by atoms with Crippen molar-refractivity contribution in [3.8, 4) is 0 Å². The minimum atomic E-state index is -0.383. The van der Waals surface area contributed by atoms with E-state index < -0.39 is 0 Å². The highest BCUT2D eigenvalue weighted by molar-refractivity contribution is 5.97. The van der Waals surface area contributed by atoms with E-state index in [1.807, 2.05) is 0 Å². The van der Waals surface area contributed by atoms with Crippen LogP contribution in [-0.2, 0) is 9.53 Å². The monoisotopic (exact) mass is 291 g/mol. The zero-order valence-electron chi connectivity index (χ0n) is 12.8. The molecule has 116 valence electrons. The van der Waals surface area contributed by atoms with Gasteiger partial charge >= 0.3 is 5.97 Å². The Morgan fingerprint density at radius 2 is 1.76 bits per heavy atom. The molecule has 1 amide bonds. The minimum Gasteiger partial charge on any atom is -0.462 e. The van der Waals surface area contributed by atoms with Crippen LogP contribution in [0.3, 0.4) is 0 Å². The Kier molecular flexibility index (Phi) is 8.93. The summed E-state index contributed by atoms with van der Waals surface area (Å²) in [4.78, 5) is 22.4. The van der Waals surface area contributed by atoms with E-state index in [1.54, 1.807) is 24.3 Å². The first-order chi connectivity index (χ1) is 10.3. The largest absolute Gasteiger partial charge is 0.462 e. The Morgan fingerprint density at radius 3 is 2.48 bits per heavy atom. The average Bonchev–Trinajstić information content (AvgIpc) is 2.50. The lowest BCUT2D eigenvalue weighted by Gasteiger charge is -2.08. The molecule has 4 heteroatoms. The van der Waals surface area contributed by atoms with Crippen molar-refractivity contribution in [2.45, 2.75) is 51.9 Å². The molecular weight excluding hydrogens is 266 g/mol. The van der Waals surface area contributed by atoms with Gasteiger partial charge in [0, 0.05) is 0 Å². The van der Waals surface area contributed by atoms with E-state index in [4.69, 9.17) is 4.74 Å². The molecule has 0 spiro atoms.